The summed E-state index contributed by atoms with van der Waals surface area (Å²) in [7, 11) is 0. The summed E-state index contributed by atoms with van der Waals surface area (Å²) in [5.74, 6) is -0.601. The second kappa shape index (κ2) is 5.18. The molecule has 0 spiro atoms. The normalized spacial score (nSPS) is 16.8. The number of hydrogen-bond donors (Lipinski definition) is 2. The Morgan fingerprint density at radius 3 is 2.55 bits per heavy atom. The van der Waals surface area contributed by atoms with Crippen LogP contribution >= 0.6 is 31.9 Å². The highest BCUT2D eigenvalue weighted by atomic mass is 79.9. The fourth-order valence-corrected chi connectivity index (χ4v) is 2.85. The van der Waals surface area contributed by atoms with Crippen LogP contribution in [0.5, 0.6) is 0 Å². The van der Waals surface area contributed by atoms with Crippen LogP contribution in [0.25, 0.3) is 0 Å². The molecule has 3 nitrogen and oxygen atoms in total. The van der Waals surface area contributed by atoms with E-state index in [-0.39, 0.29) is 5.91 Å². The van der Waals surface area contributed by atoms with Crippen molar-refractivity contribution in [2.75, 3.05) is 10.6 Å². The molecule has 1 atom stereocenters. The maximum Gasteiger partial charge on any atom is 0.251 e. The van der Waals surface area contributed by atoms with Crippen molar-refractivity contribution in [1.82, 2.24) is 0 Å². The Bertz CT molecular complexity index is 706. The second-order valence-corrected chi connectivity index (χ2v) is 6.25. The number of carbonyl (C=O) groups excluding carboxylic acids is 1. The van der Waals surface area contributed by atoms with E-state index in [4.69, 9.17) is 0 Å². The van der Waals surface area contributed by atoms with Crippen molar-refractivity contribution in [1.29, 1.82) is 0 Å². The molecule has 1 amide bonds. The zero-order valence-electron chi connectivity index (χ0n) is 10.1. The molecule has 3 rings (SSSR count). The number of carbonyl (C=O) groups is 1. The average Bonchev–Trinajstić information content (AvgIpc) is 2.69. The summed E-state index contributed by atoms with van der Waals surface area (Å²) in [6.45, 7) is 0. The highest BCUT2D eigenvalue weighted by Crippen LogP contribution is 2.35. The lowest BCUT2D eigenvalue weighted by Crippen LogP contribution is -2.20. The summed E-state index contributed by atoms with van der Waals surface area (Å²) in [5, 5.41) is 5.71. The molecule has 0 saturated heterocycles. The van der Waals surface area contributed by atoms with Gasteiger partial charge in [-0.3, -0.25) is 4.79 Å². The van der Waals surface area contributed by atoms with Crippen LogP contribution < -0.4 is 10.6 Å². The number of benzene rings is 2. The van der Waals surface area contributed by atoms with Gasteiger partial charge in [-0.15, -0.1) is 0 Å². The van der Waals surface area contributed by atoms with E-state index in [1.54, 1.807) is 12.1 Å². The molecule has 2 aromatic carbocycles. The first-order valence-corrected chi connectivity index (χ1v) is 7.45. The van der Waals surface area contributed by atoms with E-state index in [0.29, 0.717) is 10.2 Å². The van der Waals surface area contributed by atoms with Crippen molar-refractivity contribution >= 4 is 49.1 Å². The van der Waals surface area contributed by atoms with Crippen molar-refractivity contribution in [3.8, 4) is 0 Å². The lowest BCUT2D eigenvalue weighted by Gasteiger charge is -2.14. The number of nitrogens with one attached hydrogen (secondary N) is 2. The van der Waals surface area contributed by atoms with Crippen LogP contribution in [0, 0.1) is 5.82 Å². The van der Waals surface area contributed by atoms with Crippen LogP contribution in [0.1, 0.15) is 11.6 Å². The molecule has 6 heteroatoms. The van der Waals surface area contributed by atoms with Gasteiger partial charge in [-0.05, 0) is 36.4 Å². The quantitative estimate of drug-likeness (QED) is 0.782. The smallest absolute Gasteiger partial charge is 0.251 e. The van der Waals surface area contributed by atoms with Gasteiger partial charge in [0.2, 0.25) is 0 Å². The molecule has 2 N–H and O–H groups in total. The van der Waals surface area contributed by atoms with Gasteiger partial charge in [0, 0.05) is 20.2 Å². The van der Waals surface area contributed by atoms with Crippen LogP contribution in [0.4, 0.5) is 15.8 Å². The Balaban J connectivity index is 1.95. The molecule has 0 aromatic heterocycles. The molecule has 2 aromatic rings. The van der Waals surface area contributed by atoms with Crippen LogP contribution in [0.3, 0.4) is 0 Å². The minimum atomic E-state index is -0.599. The second-order valence-electron chi connectivity index (χ2n) is 4.42. The Morgan fingerprint density at radius 1 is 1.10 bits per heavy atom. The molecule has 0 radical (unpaired) electrons. The number of halogens is 3. The van der Waals surface area contributed by atoms with E-state index in [1.165, 1.54) is 6.07 Å². The molecular formula is C14H9Br2FN2O. The lowest BCUT2D eigenvalue weighted by atomic mass is 10.1. The van der Waals surface area contributed by atoms with E-state index >= 15 is 0 Å². The van der Waals surface area contributed by atoms with Gasteiger partial charge in [-0.1, -0.05) is 31.9 Å². The Kier molecular flexibility index (Phi) is 3.52. The van der Waals surface area contributed by atoms with Gasteiger partial charge in [0.25, 0.3) is 5.91 Å². The van der Waals surface area contributed by atoms with Crippen molar-refractivity contribution < 1.29 is 9.18 Å². The van der Waals surface area contributed by atoms with Crippen LogP contribution in [0.15, 0.2) is 45.3 Å². The summed E-state index contributed by atoms with van der Waals surface area (Å²) in [6.07, 6.45) is 0. The molecule has 1 heterocycles. The van der Waals surface area contributed by atoms with Crippen molar-refractivity contribution in [3.63, 3.8) is 0 Å². The summed E-state index contributed by atoms with van der Waals surface area (Å²) in [5.41, 5.74) is 1.83. The standard InChI is InChI=1S/C14H9Br2FN2O/c15-7-1-3-11-9(5-7)13(14(20)19-11)18-12-4-2-8(16)6-10(12)17/h1-6,13,18H,(H,19,20). The summed E-state index contributed by atoms with van der Waals surface area (Å²) in [6, 6.07) is 9.60. The van der Waals surface area contributed by atoms with Gasteiger partial charge in [0.15, 0.2) is 0 Å². The zero-order chi connectivity index (χ0) is 14.3. The van der Waals surface area contributed by atoms with Gasteiger partial charge < -0.3 is 10.6 Å². The first-order chi connectivity index (χ1) is 9.54. The molecule has 1 aliphatic rings. The van der Waals surface area contributed by atoms with E-state index in [1.807, 2.05) is 18.2 Å². The third-order valence-electron chi connectivity index (χ3n) is 3.08. The van der Waals surface area contributed by atoms with E-state index in [9.17, 15) is 9.18 Å². The summed E-state index contributed by atoms with van der Waals surface area (Å²) < 4.78 is 15.4. The molecular weight excluding hydrogens is 391 g/mol. The number of fused-ring (bicyclic) bond motifs is 1. The number of amides is 1. The topological polar surface area (TPSA) is 41.1 Å². The van der Waals surface area contributed by atoms with E-state index in [0.717, 1.165) is 15.7 Å². The van der Waals surface area contributed by atoms with Crippen molar-refractivity contribution in [2.45, 2.75) is 6.04 Å². The fraction of sp³-hybridized carbons (Fsp3) is 0.0714. The highest BCUT2D eigenvalue weighted by molar-refractivity contribution is 9.10. The third kappa shape index (κ3) is 2.45. The molecule has 1 unspecified atom stereocenters. The van der Waals surface area contributed by atoms with Gasteiger partial charge in [-0.2, -0.15) is 0 Å². The summed E-state index contributed by atoms with van der Waals surface area (Å²) >= 11 is 6.58. The third-order valence-corrected chi connectivity index (χ3v) is 4.06. The van der Waals surface area contributed by atoms with Gasteiger partial charge in [-0.25, -0.2) is 4.39 Å². The van der Waals surface area contributed by atoms with Crippen LogP contribution in [-0.4, -0.2) is 5.91 Å². The maximum atomic E-state index is 13.9. The van der Waals surface area contributed by atoms with Crippen molar-refractivity contribution in [3.05, 3.63) is 56.7 Å². The highest BCUT2D eigenvalue weighted by Gasteiger charge is 2.31. The minimum Gasteiger partial charge on any atom is -0.368 e. The van der Waals surface area contributed by atoms with Crippen LogP contribution in [0.2, 0.25) is 0 Å². The zero-order valence-corrected chi connectivity index (χ0v) is 13.3. The molecule has 20 heavy (non-hydrogen) atoms. The van der Waals surface area contributed by atoms with E-state index in [2.05, 4.69) is 42.5 Å². The van der Waals surface area contributed by atoms with E-state index < -0.39 is 11.9 Å². The first-order valence-electron chi connectivity index (χ1n) is 5.86. The van der Waals surface area contributed by atoms with Gasteiger partial charge in [0.1, 0.15) is 11.9 Å². The number of anilines is 2. The number of hydrogen-bond acceptors (Lipinski definition) is 2. The largest absolute Gasteiger partial charge is 0.368 e. The van der Waals surface area contributed by atoms with Gasteiger partial charge >= 0.3 is 0 Å². The van der Waals surface area contributed by atoms with Crippen LogP contribution in [-0.2, 0) is 4.79 Å². The van der Waals surface area contributed by atoms with Crippen molar-refractivity contribution in [2.24, 2.45) is 0 Å². The predicted octanol–water partition coefficient (Wildman–Crippen LogP) is 4.46. The SMILES string of the molecule is O=C1Nc2ccc(Br)cc2C1Nc1ccc(Br)cc1F. The maximum absolute atomic E-state index is 13.9. The molecule has 0 saturated carbocycles. The average molecular weight is 400 g/mol. The molecule has 0 bridgehead atoms. The first kappa shape index (κ1) is 13.6. The molecule has 0 fully saturated rings. The Morgan fingerprint density at radius 2 is 1.80 bits per heavy atom. The summed E-state index contributed by atoms with van der Waals surface area (Å²) in [4.78, 5) is 12.0. The Hall–Kier alpha value is -1.40. The monoisotopic (exact) mass is 398 g/mol. The Labute approximate surface area is 131 Å². The molecule has 1 aliphatic heterocycles. The molecule has 0 aliphatic carbocycles. The predicted molar refractivity (Wildman–Crippen MR) is 83.2 cm³/mol. The minimum absolute atomic E-state index is 0.194. The molecule has 102 valence electrons. The fourth-order valence-electron chi connectivity index (χ4n) is 2.14. The van der Waals surface area contributed by atoms with Gasteiger partial charge in [0.05, 0.1) is 5.69 Å². The lowest BCUT2D eigenvalue weighted by molar-refractivity contribution is -0.116. The number of rotatable bonds is 2.